The van der Waals surface area contributed by atoms with Crippen LogP contribution in [0.2, 0.25) is 0 Å². The third-order valence-corrected chi connectivity index (χ3v) is 2.69. The van der Waals surface area contributed by atoms with Gasteiger partial charge in [-0.1, -0.05) is 17.7 Å². The fourth-order valence-electron chi connectivity index (χ4n) is 1.33. The number of carbonyl (C=O) groups excluding carboxylic acids is 1. The zero-order chi connectivity index (χ0) is 13.4. The Hall–Kier alpha value is -2.19. The van der Waals surface area contributed by atoms with Gasteiger partial charge in [0.15, 0.2) is 0 Å². The van der Waals surface area contributed by atoms with Crippen molar-refractivity contribution in [3.63, 3.8) is 0 Å². The predicted octanol–water partition coefficient (Wildman–Crippen LogP) is 3.19. The molecule has 1 aromatic rings. The van der Waals surface area contributed by atoms with E-state index in [9.17, 15) is 4.79 Å². The first kappa shape index (κ1) is 13.9. The molecule has 0 unspecified atom stereocenters. The lowest BCUT2D eigenvalue weighted by atomic mass is 10.1. The minimum Gasteiger partial charge on any atom is -0.458 e. The highest BCUT2D eigenvalue weighted by atomic mass is 16.5. The second kappa shape index (κ2) is 7.20. The molecule has 0 aliphatic rings. The number of carbonyl (C=O) groups is 1. The van der Waals surface area contributed by atoms with E-state index in [-0.39, 0.29) is 5.97 Å². The Balaban J connectivity index is 2.51. The second-order valence-electron chi connectivity index (χ2n) is 4.06. The first-order chi connectivity index (χ1) is 8.65. The number of hydrogen-bond donors (Lipinski definition) is 0. The quantitative estimate of drug-likeness (QED) is 0.449. The zero-order valence-electron chi connectivity index (χ0n) is 10.7. The number of allylic oxidation sites excluding steroid dienone is 1. The Labute approximate surface area is 109 Å². The molecular weight excluding hydrogens is 224 g/mol. The van der Waals surface area contributed by atoms with E-state index in [1.54, 1.807) is 18.2 Å². The topological polar surface area (TPSA) is 26.3 Å². The largest absolute Gasteiger partial charge is 0.458 e. The Morgan fingerprint density at radius 2 is 2.17 bits per heavy atom. The molecule has 1 aromatic carbocycles. The fraction of sp³-hybridized carbons (Fsp3) is 0.312. The number of esters is 1. The molecule has 0 aromatic heterocycles. The summed E-state index contributed by atoms with van der Waals surface area (Å²) >= 11 is 0. The molecule has 0 saturated heterocycles. The van der Waals surface area contributed by atoms with E-state index in [1.807, 2.05) is 13.8 Å². The third kappa shape index (κ3) is 4.36. The summed E-state index contributed by atoms with van der Waals surface area (Å²) in [7, 11) is 0. The van der Waals surface area contributed by atoms with Gasteiger partial charge in [0.2, 0.25) is 0 Å². The van der Waals surface area contributed by atoms with Crippen molar-refractivity contribution in [3.8, 4) is 12.3 Å². The monoisotopic (exact) mass is 240 g/mol. The number of terminal acetylenes is 1. The van der Waals surface area contributed by atoms with Gasteiger partial charge in [-0.15, -0.1) is 12.3 Å². The molecule has 0 heterocycles. The summed E-state index contributed by atoms with van der Waals surface area (Å²) in [6.07, 6.45) is 6.76. The second-order valence-corrected chi connectivity index (χ2v) is 4.06. The van der Waals surface area contributed by atoms with Crippen LogP contribution in [0.25, 0.3) is 0 Å². The molecule has 0 spiro atoms. The van der Waals surface area contributed by atoms with Crippen LogP contribution < -0.4 is 0 Å². The van der Waals surface area contributed by atoms with Gasteiger partial charge in [0.25, 0.3) is 0 Å². The van der Waals surface area contributed by atoms with Crippen LogP contribution >= 0.6 is 0 Å². The number of hydrogen-bond acceptors (Lipinski definition) is 2. The third-order valence-electron chi connectivity index (χ3n) is 2.69. The molecule has 0 aliphatic heterocycles. The molecule has 2 nitrogen and oxygen atoms in total. The lowest BCUT2D eigenvalue weighted by Crippen LogP contribution is -2.07. The lowest BCUT2D eigenvalue weighted by Gasteiger charge is -2.08. The average Bonchev–Trinajstić information content (AvgIpc) is 2.42. The van der Waals surface area contributed by atoms with Crippen LogP contribution in [0.4, 0.5) is 0 Å². The van der Waals surface area contributed by atoms with Crippen molar-refractivity contribution < 1.29 is 9.53 Å². The van der Waals surface area contributed by atoms with Crippen LogP contribution in [-0.2, 0) is 4.74 Å². The Morgan fingerprint density at radius 1 is 1.39 bits per heavy atom. The SMILES string of the molecule is C#CCC/C(C)=C(\C)COC(=O)c1cc#ccc1. The van der Waals surface area contributed by atoms with Gasteiger partial charge in [0.05, 0.1) is 5.56 Å². The maximum absolute atomic E-state index is 11.7. The van der Waals surface area contributed by atoms with Crippen LogP contribution in [0, 0.1) is 24.5 Å². The fourth-order valence-corrected chi connectivity index (χ4v) is 1.33. The van der Waals surface area contributed by atoms with Gasteiger partial charge in [0, 0.05) is 12.5 Å². The summed E-state index contributed by atoms with van der Waals surface area (Å²) in [5.74, 6) is 2.25. The summed E-state index contributed by atoms with van der Waals surface area (Å²) in [4.78, 5) is 11.7. The van der Waals surface area contributed by atoms with Crippen molar-refractivity contribution in [1.82, 2.24) is 0 Å². The van der Waals surface area contributed by atoms with Gasteiger partial charge in [-0.3, -0.25) is 0 Å². The zero-order valence-corrected chi connectivity index (χ0v) is 10.7. The minimum atomic E-state index is -0.343. The smallest absolute Gasteiger partial charge is 0.339 e. The first-order valence-corrected chi connectivity index (χ1v) is 5.78. The Bertz CT molecular complexity index is 464. The summed E-state index contributed by atoms with van der Waals surface area (Å²) in [5, 5.41) is 0. The highest BCUT2D eigenvalue weighted by molar-refractivity contribution is 5.89. The molecule has 0 saturated carbocycles. The van der Waals surface area contributed by atoms with E-state index in [4.69, 9.17) is 11.2 Å². The van der Waals surface area contributed by atoms with E-state index < -0.39 is 0 Å². The molecular formula is C16H16O2. The van der Waals surface area contributed by atoms with E-state index in [1.165, 1.54) is 5.57 Å². The first-order valence-electron chi connectivity index (χ1n) is 5.78. The molecule has 0 amide bonds. The highest BCUT2D eigenvalue weighted by Gasteiger charge is 2.06. The van der Waals surface area contributed by atoms with Crippen molar-refractivity contribution in [3.05, 3.63) is 47.0 Å². The Kier molecular flexibility index (Phi) is 5.55. The molecule has 0 fully saturated rings. The number of rotatable bonds is 5. The van der Waals surface area contributed by atoms with Crippen molar-refractivity contribution in [2.75, 3.05) is 6.61 Å². The van der Waals surface area contributed by atoms with Gasteiger partial charge in [0.1, 0.15) is 6.61 Å². The van der Waals surface area contributed by atoms with E-state index in [0.29, 0.717) is 18.6 Å². The van der Waals surface area contributed by atoms with Gasteiger partial charge >= 0.3 is 5.97 Å². The van der Waals surface area contributed by atoms with Crippen LogP contribution in [-0.4, -0.2) is 12.6 Å². The predicted molar refractivity (Wildman–Crippen MR) is 70.8 cm³/mol. The van der Waals surface area contributed by atoms with Crippen molar-refractivity contribution in [1.29, 1.82) is 0 Å². The van der Waals surface area contributed by atoms with Gasteiger partial charge in [-0.25, -0.2) is 4.79 Å². The number of ether oxygens (including phenoxy) is 1. The van der Waals surface area contributed by atoms with Crippen LogP contribution in [0.5, 0.6) is 0 Å². The van der Waals surface area contributed by atoms with Gasteiger partial charge in [-0.05, 0) is 38.0 Å². The normalized spacial score (nSPS) is 10.9. The van der Waals surface area contributed by atoms with E-state index >= 15 is 0 Å². The minimum absolute atomic E-state index is 0.299. The summed E-state index contributed by atoms with van der Waals surface area (Å²) in [5.41, 5.74) is 2.71. The molecule has 1 rings (SSSR count). The lowest BCUT2D eigenvalue weighted by molar-refractivity contribution is 0.0539. The summed E-state index contributed by atoms with van der Waals surface area (Å²) in [6, 6.07) is 10.3. The van der Waals surface area contributed by atoms with Crippen molar-refractivity contribution in [2.45, 2.75) is 26.7 Å². The molecule has 0 radical (unpaired) electrons. The maximum atomic E-state index is 11.7. The standard InChI is InChI=1S/C16H16O2/c1-4-5-9-13(2)14(3)12-18-16(17)15-10-7-6-8-11-15/h1,7,10-11H,5,9,12H2,2-3H3/b14-13+. The Morgan fingerprint density at radius 3 is 2.78 bits per heavy atom. The molecule has 0 N–H and O–H groups in total. The maximum Gasteiger partial charge on any atom is 0.339 e. The molecule has 0 atom stereocenters. The van der Waals surface area contributed by atoms with Gasteiger partial charge in [-0.2, -0.15) is 0 Å². The molecule has 92 valence electrons. The molecule has 0 bridgehead atoms. The van der Waals surface area contributed by atoms with Crippen LogP contribution in [0.3, 0.4) is 0 Å². The average molecular weight is 240 g/mol. The summed E-state index contributed by atoms with van der Waals surface area (Å²) < 4.78 is 5.21. The highest BCUT2D eigenvalue weighted by Crippen LogP contribution is 2.11. The molecule has 18 heavy (non-hydrogen) atoms. The van der Waals surface area contributed by atoms with Crippen molar-refractivity contribution in [2.24, 2.45) is 0 Å². The van der Waals surface area contributed by atoms with E-state index in [0.717, 1.165) is 12.0 Å². The van der Waals surface area contributed by atoms with E-state index in [2.05, 4.69) is 18.1 Å². The van der Waals surface area contributed by atoms with Crippen LogP contribution in [0.15, 0.2) is 29.3 Å². The van der Waals surface area contributed by atoms with Crippen LogP contribution in [0.1, 0.15) is 37.0 Å². The molecule has 2 heteroatoms. The van der Waals surface area contributed by atoms with Crippen molar-refractivity contribution >= 4 is 5.97 Å². The summed E-state index contributed by atoms with van der Waals surface area (Å²) in [6.45, 7) is 4.25. The van der Waals surface area contributed by atoms with Gasteiger partial charge < -0.3 is 4.74 Å². The molecule has 0 aliphatic carbocycles.